The summed E-state index contributed by atoms with van der Waals surface area (Å²) in [6.45, 7) is 0.0992. The number of nitrogens with one attached hydrogen (secondary N) is 1. The molecule has 0 spiro atoms. The van der Waals surface area contributed by atoms with E-state index in [4.69, 9.17) is 4.74 Å². The predicted octanol–water partition coefficient (Wildman–Crippen LogP) is 1.93. The maximum atomic E-state index is 12.0. The highest BCUT2D eigenvalue weighted by molar-refractivity contribution is 6.05. The molecule has 3 amide bonds. The van der Waals surface area contributed by atoms with Crippen molar-refractivity contribution >= 4 is 29.4 Å². The van der Waals surface area contributed by atoms with Gasteiger partial charge in [-0.15, -0.1) is 0 Å². The summed E-state index contributed by atoms with van der Waals surface area (Å²) in [7, 11) is 0. The number of carbonyl (C=O) groups is 4. The van der Waals surface area contributed by atoms with Gasteiger partial charge in [-0.3, -0.25) is 19.7 Å². The zero-order valence-corrected chi connectivity index (χ0v) is 14.5. The number of nitrogens with zero attached hydrogens (tertiary/aromatic N) is 1. The van der Waals surface area contributed by atoms with Crippen molar-refractivity contribution in [1.29, 1.82) is 0 Å². The lowest BCUT2D eigenvalue weighted by molar-refractivity contribution is -0.123. The summed E-state index contributed by atoms with van der Waals surface area (Å²) in [6, 6.07) is 14.7. The van der Waals surface area contributed by atoms with E-state index in [0.717, 1.165) is 12.1 Å². The average molecular weight is 366 g/mol. The molecule has 0 aromatic heterocycles. The molecule has 0 aliphatic carbocycles. The molecule has 3 rings (SSSR count). The maximum absolute atomic E-state index is 12.0. The van der Waals surface area contributed by atoms with Gasteiger partial charge in [0.1, 0.15) is 0 Å². The fourth-order valence-corrected chi connectivity index (χ4v) is 2.74. The fraction of sp³-hybridized carbons (Fsp3) is 0.200. The molecule has 2 aromatic carbocycles. The number of rotatable bonds is 5. The summed E-state index contributed by atoms with van der Waals surface area (Å²) in [5, 5.41) is 2.15. The van der Waals surface area contributed by atoms with Crippen LogP contribution in [0.25, 0.3) is 0 Å². The van der Waals surface area contributed by atoms with E-state index < -0.39 is 24.4 Å². The minimum atomic E-state index is -0.712. The first-order chi connectivity index (χ1) is 13.0. The van der Waals surface area contributed by atoms with Gasteiger partial charge in [0.05, 0.1) is 5.56 Å². The van der Waals surface area contributed by atoms with Crippen LogP contribution in [0.4, 0.5) is 5.69 Å². The third-order valence-electron chi connectivity index (χ3n) is 4.11. The van der Waals surface area contributed by atoms with Crippen molar-refractivity contribution in [3.63, 3.8) is 0 Å². The molecule has 0 radical (unpaired) electrons. The highest BCUT2D eigenvalue weighted by Gasteiger charge is 2.22. The molecule has 7 heteroatoms. The van der Waals surface area contributed by atoms with Crippen molar-refractivity contribution in [2.45, 2.75) is 12.8 Å². The first kappa shape index (κ1) is 18.3. The quantitative estimate of drug-likeness (QED) is 0.816. The van der Waals surface area contributed by atoms with Gasteiger partial charge in [0.25, 0.3) is 11.8 Å². The Morgan fingerprint density at radius 1 is 0.963 bits per heavy atom. The summed E-state index contributed by atoms with van der Waals surface area (Å²) < 4.78 is 4.93. The molecule has 0 bridgehead atoms. The molecular weight excluding hydrogens is 348 g/mol. The number of carbonyl (C=O) groups excluding carboxylic acids is 4. The van der Waals surface area contributed by atoms with E-state index in [1.54, 1.807) is 47.4 Å². The number of imide groups is 1. The minimum absolute atomic E-state index is 0.0603. The summed E-state index contributed by atoms with van der Waals surface area (Å²) in [4.78, 5) is 49.1. The summed E-state index contributed by atoms with van der Waals surface area (Å²) in [5.74, 6) is -1.89. The standard InChI is InChI=1S/C20H18N2O5/c23-17(21-19(25)14-5-2-1-3-6-14)13-27-20(26)15-8-10-16(11-9-15)22-12-4-7-18(22)24/h1-3,5-6,8-11H,4,7,12-13H2,(H,21,23,25). The van der Waals surface area contributed by atoms with E-state index >= 15 is 0 Å². The minimum Gasteiger partial charge on any atom is -0.452 e. The third-order valence-corrected chi connectivity index (χ3v) is 4.11. The van der Waals surface area contributed by atoms with Crippen LogP contribution in [0, 0.1) is 0 Å². The molecular formula is C20H18N2O5. The van der Waals surface area contributed by atoms with Crippen molar-refractivity contribution in [2.75, 3.05) is 18.1 Å². The highest BCUT2D eigenvalue weighted by atomic mass is 16.5. The number of hydrogen-bond donors (Lipinski definition) is 1. The van der Waals surface area contributed by atoms with Gasteiger partial charge in [-0.2, -0.15) is 0 Å². The molecule has 7 nitrogen and oxygen atoms in total. The van der Waals surface area contributed by atoms with Crippen LogP contribution in [0.5, 0.6) is 0 Å². The lowest BCUT2D eigenvalue weighted by atomic mass is 10.2. The summed E-state index contributed by atoms with van der Waals surface area (Å²) >= 11 is 0. The van der Waals surface area contributed by atoms with Gasteiger partial charge in [0.15, 0.2) is 6.61 Å². The molecule has 138 valence electrons. The van der Waals surface area contributed by atoms with Gasteiger partial charge >= 0.3 is 5.97 Å². The zero-order chi connectivity index (χ0) is 19.2. The van der Waals surface area contributed by atoms with Crippen molar-refractivity contribution < 1.29 is 23.9 Å². The van der Waals surface area contributed by atoms with Crippen LogP contribution in [0.15, 0.2) is 54.6 Å². The highest BCUT2D eigenvalue weighted by Crippen LogP contribution is 2.21. The number of benzene rings is 2. The smallest absolute Gasteiger partial charge is 0.338 e. The zero-order valence-electron chi connectivity index (χ0n) is 14.5. The molecule has 1 N–H and O–H groups in total. The largest absolute Gasteiger partial charge is 0.452 e. The van der Waals surface area contributed by atoms with Gasteiger partial charge < -0.3 is 9.64 Å². The molecule has 2 aromatic rings. The van der Waals surface area contributed by atoms with Gasteiger partial charge in [-0.1, -0.05) is 18.2 Å². The number of anilines is 1. The third kappa shape index (κ3) is 4.58. The molecule has 0 unspecified atom stereocenters. The lowest BCUT2D eigenvalue weighted by Crippen LogP contribution is -2.34. The van der Waals surface area contributed by atoms with Crippen LogP contribution in [0.1, 0.15) is 33.6 Å². The molecule has 1 aliphatic heterocycles. The molecule has 1 aliphatic rings. The van der Waals surface area contributed by atoms with Crippen LogP contribution >= 0.6 is 0 Å². The lowest BCUT2D eigenvalue weighted by Gasteiger charge is -2.15. The van der Waals surface area contributed by atoms with Crippen LogP contribution in [0.3, 0.4) is 0 Å². The Hall–Kier alpha value is -3.48. The Balaban J connectivity index is 1.51. The monoisotopic (exact) mass is 366 g/mol. The Labute approximate surface area is 155 Å². The molecule has 0 saturated carbocycles. The first-order valence-electron chi connectivity index (χ1n) is 8.51. The Kier molecular flexibility index (Phi) is 5.61. The van der Waals surface area contributed by atoms with Crippen LogP contribution in [-0.4, -0.2) is 36.8 Å². The van der Waals surface area contributed by atoms with E-state index in [1.165, 1.54) is 12.1 Å². The molecule has 0 atom stereocenters. The van der Waals surface area contributed by atoms with E-state index in [-0.39, 0.29) is 11.5 Å². The number of amides is 3. The normalized spacial score (nSPS) is 13.3. The van der Waals surface area contributed by atoms with Gasteiger partial charge in [0, 0.05) is 24.2 Å². The van der Waals surface area contributed by atoms with Crippen molar-refractivity contribution in [2.24, 2.45) is 0 Å². The van der Waals surface area contributed by atoms with Gasteiger partial charge in [-0.25, -0.2) is 4.79 Å². The van der Waals surface area contributed by atoms with E-state index in [1.807, 2.05) is 0 Å². The molecule has 1 heterocycles. The van der Waals surface area contributed by atoms with Crippen molar-refractivity contribution in [3.8, 4) is 0 Å². The van der Waals surface area contributed by atoms with Crippen LogP contribution in [0.2, 0.25) is 0 Å². The maximum Gasteiger partial charge on any atom is 0.338 e. The Morgan fingerprint density at radius 3 is 2.30 bits per heavy atom. The second kappa shape index (κ2) is 8.27. The van der Waals surface area contributed by atoms with E-state index in [9.17, 15) is 19.2 Å². The first-order valence-corrected chi connectivity index (χ1v) is 8.51. The SMILES string of the molecule is O=C(COC(=O)c1ccc(N2CCCC2=O)cc1)NC(=O)c1ccccc1. The van der Waals surface area contributed by atoms with Gasteiger partial charge in [0.2, 0.25) is 5.91 Å². The van der Waals surface area contributed by atoms with Crippen molar-refractivity contribution in [1.82, 2.24) is 5.32 Å². The number of hydrogen-bond acceptors (Lipinski definition) is 5. The second-order valence-electron chi connectivity index (χ2n) is 6.02. The number of ether oxygens (including phenoxy) is 1. The van der Waals surface area contributed by atoms with Crippen LogP contribution < -0.4 is 10.2 Å². The predicted molar refractivity (Wildman–Crippen MR) is 97.2 cm³/mol. The Morgan fingerprint density at radius 2 is 1.67 bits per heavy atom. The van der Waals surface area contributed by atoms with Crippen LogP contribution in [-0.2, 0) is 14.3 Å². The van der Waals surface area contributed by atoms with E-state index in [2.05, 4.69) is 5.32 Å². The molecule has 1 saturated heterocycles. The second-order valence-corrected chi connectivity index (χ2v) is 6.02. The average Bonchev–Trinajstić information content (AvgIpc) is 3.13. The topological polar surface area (TPSA) is 92.8 Å². The molecule has 1 fully saturated rings. The summed E-state index contributed by atoms with van der Waals surface area (Å²) in [6.07, 6.45) is 1.35. The summed E-state index contributed by atoms with van der Waals surface area (Å²) in [5.41, 5.74) is 1.32. The van der Waals surface area contributed by atoms with Gasteiger partial charge in [-0.05, 0) is 42.8 Å². The Bertz CT molecular complexity index is 862. The van der Waals surface area contributed by atoms with Crippen molar-refractivity contribution in [3.05, 3.63) is 65.7 Å². The number of esters is 1. The molecule has 27 heavy (non-hydrogen) atoms. The van der Waals surface area contributed by atoms with E-state index in [0.29, 0.717) is 18.5 Å². The fourth-order valence-electron chi connectivity index (χ4n) is 2.74.